The van der Waals surface area contributed by atoms with Crippen LogP contribution >= 0.6 is 0 Å². The Morgan fingerprint density at radius 1 is 1.00 bits per heavy atom. The van der Waals surface area contributed by atoms with Crippen LogP contribution in [-0.2, 0) is 9.59 Å². The van der Waals surface area contributed by atoms with Gasteiger partial charge in [-0.25, -0.2) is 14.1 Å². The summed E-state index contributed by atoms with van der Waals surface area (Å²) in [6.07, 6.45) is 1.42. The molecule has 4 amide bonds. The summed E-state index contributed by atoms with van der Waals surface area (Å²) in [4.78, 5) is 38.7. The van der Waals surface area contributed by atoms with Crippen molar-refractivity contribution in [2.24, 2.45) is 0 Å². The molecule has 4 rings (SSSR count). The molecule has 0 aromatic heterocycles. The Bertz CT molecular complexity index is 1200. The van der Waals surface area contributed by atoms with E-state index in [1.54, 1.807) is 6.07 Å². The molecule has 1 saturated heterocycles. The molecule has 30 heavy (non-hydrogen) atoms. The van der Waals surface area contributed by atoms with E-state index in [0.29, 0.717) is 17.9 Å². The fourth-order valence-electron chi connectivity index (χ4n) is 3.33. The number of urea groups is 1. The van der Waals surface area contributed by atoms with Gasteiger partial charge in [-0.3, -0.25) is 14.9 Å². The van der Waals surface area contributed by atoms with Crippen molar-refractivity contribution < 1.29 is 23.5 Å². The third kappa shape index (κ3) is 3.41. The van der Waals surface area contributed by atoms with E-state index in [2.05, 4.69) is 5.32 Å². The van der Waals surface area contributed by atoms with Crippen LogP contribution in [0.1, 0.15) is 12.5 Å². The highest BCUT2D eigenvalue weighted by Crippen LogP contribution is 2.31. The van der Waals surface area contributed by atoms with Crippen molar-refractivity contribution in [1.29, 1.82) is 0 Å². The molecule has 7 heteroatoms. The van der Waals surface area contributed by atoms with Crippen molar-refractivity contribution >= 4 is 40.4 Å². The van der Waals surface area contributed by atoms with Crippen LogP contribution in [0.5, 0.6) is 5.75 Å². The number of hydrogen-bond acceptors (Lipinski definition) is 4. The molecule has 0 radical (unpaired) electrons. The van der Waals surface area contributed by atoms with Crippen molar-refractivity contribution in [3.8, 4) is 5.75 Å². The molecule has 1 aliphatic rings. The number of carbonyl (C=O) groups excluding carboxylic acids is 3. The van der Waals surface area contributed by atoms with E-state index in [1.165, 1.54) is 18.2 Å². The molecule has 6 nitrogen and oxygen atoms in total. The first-order valence-corrected chi connectivity index (χ1v) is 9.31. The number of nitrogens with zero attached hydrogens (tertiary/aromatic N) is 1. The van der Waals surface area contributed by atoms with Gasteiger partial charge in [-0.15, -0.1) is 0 Å². The maximum absolute atomic E-state index is 13.3. The third-order valence-corrected chi connectivity index (χ3v) is 4.71. The van der Waals surface area contributed by atoms with E-state index in [4.69, 9.17) is 4.74 Å². The molecule has 0 aliphatic carbocycles. The van der Waals surface area contributed by atoms with Gasteiger partial charge in [0.2, 0.25) is 0 Å². The average molecular weight is 404 g/mol. The van der Waals surface area contributed by atoms with Crippen LogP contribution in [0, 0.1) is 5.82 Å². The third-order valence-electron chi connectivity index (χ3n) is 4.71. The largest absolute Gasteiger partial charge is 0.493 e. The second-order valence-corrected chi connectivity index (χ2v) is 6.57. The molecule has 0 spiro atoms. The number of carbonyl (C=O) groups is 3. The Balaban J connectivity index is 1.85. The van der Waals surface area contributed by atoms with E-state index in [9.17, 15) is 18.8 Å². The highest BCUT2D eigenvalue weighted by atomic mass is 19.1. The molecule has 3 aromatic rings. The fraction of sp³-hybridized carbons (Fsp3) is 0.0870. The topological polar surface area (TPSA) is 75.7 Å². The Morgan fingerprint density at radius 2 is 1.73 bits per heavy atom. The zero-order valence-electron chi connectivity index (χ0n) is 16.0. The SMILES string of the molecule is CCOc1ccc2ccccc2c1/C=C1\C(=O)NC(=O)N(c2ccc(F)cc2)C1=O. The molecular formula is C23H17FN2O4. The van der Waals surface area contributed by atoms with Gasteiger partial charge in [-0.1, -0.05) is 30.3 Å². The lowest BCUT2D eigenvalue weighted by molar-refractivity contribution is -0.122. The Morgan fingerprint density at radius 3 is 2.47 bits per heavy atom. The minimum absolute atomic E-state index is 0.153. The monoisotopic (exact) mass is 404 g/mol. The number of hydrogen-bond donors (Lipinski definition) is 1. The number of halogens is 1. The average Bonchev–Trinajstić information content (AvgIpc) is 2.73. The van der Waals surface area contributed by atoms with Crippen LogP contribution in [0.25, 0.3) is 16.8 Å². The molecular weight excluding hydrogens is 387 g/mol. The lowest BCUT2D eigenvalue weighted by Crippen LogP contribution is -2.54. The number of anilines is 1. The first-order chi connectivity index (χ1) is 14.5. The van der Waals surface area contributed by atoms with Gasteiger partial charge in [0, 0.05) is 5.56 Å². The van der Waals surface area contributed by atoms with Gasteiger partial charge in [0.1, 0.15) is 17.1 Å². The van der Waals surface area contributed by atoms with Gasteiger partial charge in [-0.05, 0) is 54.1 Å². The van der Waals surface area contributed by atoms with Crippen LogP contribution in [0.2, 0.25) is 0 Å². The van der Waals surface area contributed by atoms with Crippen LogP contribution in [-0.4, -0.2) is 24.5 Å². The molecule has 1 aliphatic heterocycles. The number of ether oxygens (including phenoxy) is 1. The summed E-state index contributed by atoms with van der Waals surface area (Å²) in [7, 11) is 0. The number of amides is 4. The van der Waals surface area contributed by atoms with Crippen LogP contribution < -0.4 is 15.0 Å². The van der Waals surface area contributed by atoms with Crippen molar-refractivity contribution in [2.75, 3.05) is 11.5 Å². The van der Waals surface area contributed by atoms with Crippen molar-refractivity contribution in [2.45, 2.75) is 6.92 Å². The van der Waals surface area contributed by atoms with E-state index >= 15 is 0 Å². The Labute approximate surface area is 171 Å². The lowest BCUT2D eigenvalue weighted by atomic mass is 9.99. The number of nitrogens with one attached hydrogen (secondary N) is 1. The highest BCUT2D eigenvalue weighted by molar-refractivity contribution is 6.39. The number of benzene rings is 3. The summed E-state index contributed by atoms with van der Waals surface area (Å²) >= 11 is 0. The molecule has 1 heterocycles. The van der Waals surface area contributed by atoms with Crippen molar-refractivity contribution in [3.63, 3.8) is 0 Å². The second-order valence-electron chi connectivity index (χ2n) is 6.57. The van der Waals surface area contributed by atoms with E-state index < -0.39 is 23.7 Å². The number of barbiturate groups is 1. The van der Waals surface area contributed by atoms with Gasteiger partial charge in [0.15, 0.2) is 0 Å². The van der Waals surface area contributed by atoms with Crippen LogP contribution in [0.3, 0.4) is 0 Å². The molecule has 0 bridgehead atoms. The first kappa shape index (κ1) is 19.3. The Hall–Kier alpha value is -4.00. The molecule has 150 valence electrons. The summed E-state index contributed by atoms with van der Waals surface area (Å²) in [6.45, 7) is 2.23. The zero-order valence-corrected chi connectivity index (χ0v) is 16.0. The van der Waals surface area contributed by atoms with Crippen LogP contribution in [0.15, 0.2) is 66.2 Å². The lowest BCUT2D eigenvalue weighted by Gasteiger charge is -2.26. The highest BCUT2D eigenvalue weighted by Gasteiger charge is 2.37. The smallest absolute Gasteiger partial charge is 0.335 e. The van der Waals surface area contributed by atoms with Gasteiger partial charge >= 0.3 is 6.03 Å². The summed E-state index contributed by atoms with van der Waals surface area (Å²) in [5.74, 6) is -1.61. The maximum Gasteiger partial charge on any atom is 0.335 e. The quantitative estimate of drug-likeness (QED) is 0.526. The predicted molar refractivity (Wildman–Crippen MR) is 111 cm³/mol. The molecule has 1 N–H and O–H groups in total. The number of imide groups is 2. The van der Waals surface area contributed by atoms with Gasteiger partial charge < -0.3 is 4.74 Å². The van der Waals surface area contributed by atoms with E-state index in [1.807, 2.05) is 37.3 Å². The first-order valence-electron chi connectivity index (χ1n) is 9.31. The molecule has 0 atom stereocenters. The molecule has 1 fully saturated rings. The summed E-state index contributed by atoms with van der Waals surface area (Å²) in [5, 5.41) is 3.87. The van der Waals surface area contributed by atoms with Gasteiger partial charge in [-0.2, -0.15) is 0 Å². The number of fused-ring (bicyclic) bond motifs is 1. The molecule has 0 saturated carbocycles. The summed E-state index contributed by atoms with van der Waals surface area (Å²) < 4.78 is 18.9. The zero-order chi connectivity index (χ0) is 21.3. The van der Waals surface area contributed by atoms with Crippen molar-refractivity contribution in [3.05, 3.63) is 77.6 Å². The van der Waals surface area contributed by atoms with Crippen molar-refractivity contribution in [1.82, 2.24) is 5.32 Å². The van der Waals surface area contributed by atoms with E-state index in [0.717, 1.165) is 27.8 Å². The molecule has 0 unspecified atom stereocenters. The fourth-order valence-corrected chi connectivity index (χ4v) is 3.33. The predicted octanol–water partition coefficient (Wildman–Crippen LogP) is 4.04. The van der Waals surface area contributed by atoms with E-state index in [-0.39, 0.29) is 11.3 Å². The minimum Gasteiger partial charge on any atom is -0.493 e. The maximum atomic E-state index is 13.3. The minimum atomic E-state index is -0.892. The summed E-state index contributed by atoms with van der Waals surface area (Å²) in [6, 6.07) is 15.1. The van der Waals surface area contributed by atoms with Gasteiger partial charge in [0.05, 0.1) is 12.3 Å². The standard InChI is InChI=1S/C23H17FN2O4/c1-2-30-20-12-7-14-5-3-4-6-17(14)18(20)13-19-21(27)25-23(29)26(22(19)28)16-10-8-15(24)9-11-16/h3-13H,2H2,1H3,(H,25,27,29)/b19-13+. The van der Waals surface area contributed by atoms with Crippen LogP contribution in [0.4, 0.5) is 14.9 Å². The van der Waals surface area contributed by atoms with Gasteiger partial charge in [0.25, 0.3) is 11.8 Å². The normalized spacial score (nSPS) is 15.6. The second kappa shape index (κ2) is 7.79. The molecule has 3 aromatic carbocycles. The number of rotatable bonds is 4. The summed E-state index contributed by atoms with van der Waals surface area (Å²) in [5.41, 5.74) is 0.485. The Kier molecular flexibility index (Phi) is 5.02.